The summed E-state index contributed by atoms with van der Waals surface area (Å²) < 4.78 is 0. The maximum atomic E-state index is 3.98. The topological polar surface area (TPSA) is 12.0 Å². The van der Waals surface area contributed by atoms with Crippen LogP contribution in [-0.4, -0.2) is 12.6 Å². The zero-order chi connectivity index (χ0) is 13.1. The number of nitrogens with one attached hydrogen (secondary N) is 1. The summed E-state index contributed by atoms with van der Waals surface area (Å²) in [6.45, 7) is 3.69. The Morgan fingerprint density at radius 2 is 1.53 bits per heavy atom. The average Bonchev–Trinajstić information content (AvgIpc) is 2.48. The van der Waals surface area contributed by atoms with Crippen molar-refractivity contribution in [2.24, 2.45) is 17.3 Å². The summed E-state index contributed by atoms with van der Waals surface area (Å²) in [5, 5.41) is 3.98. The van der Waals surface area contributed by atoms with Gasteiger partial charge in [-0.25, -0.2) is 0 Å². The lowest BCUT2D eigenvalue weighted by molar-refractivity contribution is 0.0197. The van der Waals surface area contributed by atoms with E-state index in [1.54, 1.807) is 0 Å². The van der Waals surface area contributed by atoms with Gasteiger partial charge in [-0.3, -0.25) is 0 Å². The van der Waals surface area contributed by atoms with Crippen molar-refractivity contribution in [2.45, 2.75) is 90.0 Å². The lowest BCUT2D eigenvalue weighted by Gasteiger charge is -2.53. The molecule has 3 aliphatic carbocycles. The molecule has 0 amide bonds. The zero-order valence-corrected chi connectivity index (χ0v) is 12.9. The van der Waals surface area contributed by atoms with Gasteiger partial charge in [0.25, 0.3) is 0 Å². The van der Waals surface area contributed by atoms with E-state index in [0.29, 0.717) is 0 Å². The minimum Gasteiger partial charge on any atom is -0.313 e. The van der Waals surface area contributed by atoms with Crippen molar-refractivity contribution in [3.05, 3.63) is 0 Å². The minimum absolute atomic E-state index is 0.749. The van der Waals surface area contributed by atoms with Crippen molar-refractivity contribution in [1.82, 2.24) is 5.32 Å². The first-order chi connectivity index (χ1) is 9.32. The summed E-state index contributed by atoms with van der Waals surface area (Å²) in [6, 6.07) is 0.886. The Morgan fingerprint density at radius 1 is 0.842 bits per heavy atom. The molecule has 0 heterocycles. The molecule has 0 aromatic carbocycles. The lowest BCUT2D eigenvalue weighted by atomic mass is 9.57. The summed E-state index contributed by atoms with van der Waals surface area (Å²) in [5.74, 6) is 2.04. The first-order valence-electron chi connectivity index (χ1n) is 9.06. The van der Waals surface area contributed by atoms with E-state index in [9.17, 15) is 0 Å². The van der Waals surface area contributed by atoms with Crippen LogP contribution in [0.25, 0.3) is 0 Å². The Kier molecular flexibility index (Phi) is 4.51. The van der Waals surface area contributed by atoms with Gasteiger partial charge in [0.1, 0.15) is 0 Å². The molecular formula is C18H33N. The van der Waals surface area contributed by atoms with Gasteiger partial charge >= 0.3 is 0 Å². The van der Waals surface area contributed by atoms with Crippen LogP contribution in [-0.2, 0) is 0 Å². The Labute approximate surface area is 119 Å². The highest BCUT2D eigenvalue weighted by atomic mass is 15.0. The number of rotatable bonds is 4. The van der Waals surface area contributed by atoms with Crippen molar-refractivity contribution in [1.29, 1.82) is 0 Å². The van der Waals surface area contributed by atoms with Crippen LogP contribution >= 0.6 is 0 Å². The van der Waals surface area contributed by atoms with Crippen molar-refractivity contribution in [2.75, 3.05) is 6.54 Å². The van der Waals surface area contributed by atoms with E-state index in [1.165, 1.54) is 83.6 Å². The van der Waals surface area contributed by atoms with E-state index < -0.39 is 0 Å². The summed E-state index contributed by atoms with van der Waals surface area (Å²) in [5.41, 5.74) is 0.749. The van der Waals surface area contributed by atoms with Crippen molar-refractivity contribution < 1.29 is 0 Å². The number of hydrogen-bond donors (Lipinski definition) is 1. The summed E-state index contributed by atoms with van der Waals surface area (Å²) in [7, 11) is 0. The van der Waals surface area contributed by atoms with Crippen LogP contribution in [0.15, 0.2) is 0 Å². The van der Waals surface area contributed by atoms with Crippen LogP contribution < -0.4 is 5.32 Å². The van der Waals surface area contributed by atoms with Gasteiger partial charge in [0.2, 0.25) is 0 Å². The monoisotopic (exact) mass is 263 g/mol. The standard InChI is InChI=1S/C18H33N/c1-2-15-6-8-16(9-7-15)14-19-17-10-13-18(17)11-4-3-5-12-18/h15-17,19H,2-14H2,1H3. The van der Waals surface area contributed by atoms with Gasteiger partial charge in [-0.05, 0) is 62.3 Å². The predicted octanol–water partition coefficient (Wildman–Crippen LogP) is 4.91. The molecule has 1 N–H and O–H groups in total. The molecule has 0 aromatic rings. The zero-order valence-electron chi connectivity index (χ0n) is 12.9. The van der Waals surface area contributed by atoms with Crippen LogP contribution in [0, 0.1) is 17.3 Å². The van der Waals surface area contributed by atoms with Crippen LogP contribution in [0.2, 0.25) is 0 Å². The fourth-order valence-corrected chi connectivity index (χ4v) is 5.02. The third-order valence-electron chi connectivity index (χ3n) is 6.72. The fraction of sp³-hybridized carbons (Fsp3) is 1.00. The van der Waals surface area contributed by atoms with E-state index in [-0.39, 0.29) is 0 Å². The van der Waals surface area contributed by atoms with Crippen molar-refractivity contribution in [3.8, 4) is 0 Å². The van der Waals surface area contributed by atoms with Crippen LogP contribution in [0.5, 0.6) is 0 Å². The fourth-order valence-electron chi connectivity index (χ4n) is 5.02. The highest BCUT2D eigenvalue weighted by molar-refractivity contribution is 5.01. The summed E-state index contributed by atoms with van der Waals surface area (Å²) in [6.07, 6.45) is 17.9. The quantitative estimate of drug-likeness (QED) is 0.760. The van der Waals surface area contributed by atoms with E-state index in [4.69, 9.17) is 0 Å². The molecule has 1 unspecified atom stereocenters. The van der Waals surface area contributed by atoms with Gasteiger partial charge in [0.15, 0.2) is 0 Å². The minimum atomic E-state index is 0.749. The van der Waals surface area contributed by atoms with Gasteiger partial charge in [-0.2, -0.15) is 0 Å². The van der Waals surface area contributed by atoms with Gasteiger partial charge in [-0.15, -0.1) is 0 Å². The molecule has 1 atom stereocenters. The average molecular weight is 263 g/mol. The Balaban J connectivity index is 1.40. The first-order valence-corrected chi connectivity index (χ1v) is 9.06. The molecule has 0 saturated heterocycles. The molecule has 3 aliphatic rings. The smallest absolute Gasteiger partial charge is 0.0124 e. The summed E-state index contributed by atoms with van der Waals surface area (Å²) in [4.78, 5) is 0. The van der Waals surface area contributed by atoms with Crippen LogP contribution in [0.3, 0.4) is 0 Å². The van der Waals surface area contributed by atoms with Gasteiger partial charge in [0.05, 0.1) is 0 Å². The molecule has 0 bridgehead atoms. The summed E-state index contributed by atoms with van der Waals surface area (Å²) >= 11 is 0. The third kappa shape index (κ3) is 3.01. The molecule has 3 saturated carbocycles. The molecule has 1 heteroatoms. The lowest BCUT2D eigenvalue weighted by Crippen LogP contribution is -2.55. The molecular weight excluding hydrogens is 230 g/mol. The van der Waals surface area contributed by atoms with E-state index >= 15 is 0 Å². The third-order valence-corrected chi connectivity index (χ3v) is 6.72. The maximum absolute atomic E-state index is 3.98. The molecule has 3 rings (SSSR count). The molecule has 0 aliphatic heterocycles. The Hall–Kier alpha value is -0.0400. The Bertz CT molecular complexity index is 271. The molecule has 19 heavy (non-hydrogen) atoms. The van der Waals surface area contributed by atoms with Gasteiger partial charge in [-0.1, -0.05) is 45.4 Å². The molecule has 3 fully saturated rings. The van der Waals surface area contributed by atoms with Crippen molar-refractivity contribution >= 4 is 0 Å². The molecule has 1 spiro atoms. The van der Waals surface area contributed by atoms with E-state index in [1.807, 2.05) is 0 Å². The molecule has 0 radical (unpaired) electrons. The SMILES string of the molecule is CCC1CCC(CNC2CCC23CCCCC3)CC1. The van der Waals surface area contributed by atoms with Crippen molar-refractivity contribution in [3.63, 3.8) is 0 Å². The second kappa shape index (κ2) is 6.16. The molecule has 110 valence electrons. The van der Waals surface area contributed by atoms with Gasteiger partial charge in [0, 0.05) is 6.04 Å². The normalized spacial score (nSPS) is 38.1. The second-order valence-corrected chi connectivity index (χ2v) is 7.72. The maximum Gasteiger partial charge on any atom is 0.0124 e. The first kappa shape index (κ1) is 13.9. The van der Waals surface area contributed by atoms with Crippen LogP contribution in [0.1, 0.15) is 84.0 Å². The molecule has 0 aromatic heterocycles. The largest absolute Gasteiger partial charge is 0.313 e. The molecule has 1 nitrogen and oxygen atoms in total. The van der Waals surface area contributed by atoms with E-state index in [2.05, 4.69) is 12.2 Å². The number of hydrogen-bond acceptors (Lipinski definition) is 1. The Morgan fingerprint density at radius 3 is 2.11 bits per heavy atom. The predicted molar refractivity (Wildman–Crippen MR) is 82.3 cm³/mol. The highest BCUT2D eigenvalue weighted by Crippen LogP contribution is 2.51. The second-order valence-electron chi connectivity index (χ2n) is 7.72. The highest BCUT2D eigenvalue weighted by Gasteiger charge is 2.46. The van der Waals surface area contributed by atoms with Crippen LogP contribution in [0.4, 0.5) is 0 Å². The van der Waals surface area contributed by atoms with E-state index in [0.717, 1.165) is 23.3 Å². The van der Waals surface area contributed by atoms with Gasteiger partial charge < -0.3 is 5.32 Å².